The lowest BCUT2D eigenvalue weighted by Crippen LogP contribution is -2.53. The molecular formula is C32H37ClF3N3O5S. The first kappa shape index (κ1) is 35.7. The molecule has 2 atom stereocenters. The molecule has 0 saturated carbocycles. The zero-order valence-electron chi connectivity index (χ0n) is 25.7. The molecule has 3 rings (SSSR count). The van der Waals surface area contributed by atoms with Crippen LogP contribution in [-0.2, 0) is 32.3 Å². The van der Waals surface area contributed by atoms with E-state index in [9.17, 15) is 31.2 Å². The van der Waals surface area contributed by atoms with E-state index in [0.717, 1.165) is 17.7 Å². The number of amides is 2. The fourth-order valence-electron chi connectivity index (χ4n) is 4.58. The molecule has 0 radical (unpaired) electrons. The number of sulfonamides is 1. The van der Waals surface area contributed by atoms with E-state index in [2.05, 4.69) is 5.32 Å². The minimum Gasteiger partial charge on any atom is -0.497 e. The molecule has 1 N–H and O–H groups in total. The van der Waals surface area contributed by atoms with Gasteiger partial charge in [-0.2, -0.15) is 13.2 Å². The van der Waals surface area contributed by atoms with E-state index in [1.807, 2.05) is 13.8 Å². The number of nitrogens with one attached hydrogen (secondary N) is 1. The van der Waals surface area contributed by atoms with Crippen LogP contribution in [0.4, 0.5) is 18.9 Å². The Morgan fingerprint density at radius 2 is 1.67 bits per heavy atom. The summed E-state index contributed by atoms with van der Waals surface area (Å²) in [7, 11) is -3.10. The van der Waals surface area contributed by atoms with Crippen LogP contribution in [0.25, 0.3) is 0 Å². The van der Waals surface area contributed by atoms with E-state index in [-0.39, 0.29) is 23.9 Å². The molecular weight excluding hydrogens is 631 g/mol. The highest BCUT2D eigenvalue weighted by molar-refractivity contribution is 7.92. The molecule has 3 aromatic rings. The van der Waals surface area contributed by atoms with Gasteiger partial charge in [-0.05, 0) is 74.7 Å². The van der Waals surface area contributed by atoms with Crippen molar-refractivity contribution in [2.75, 3.05) is 18.0 Å². The maximum atomic E-state index is 14.2. The third-order valence-electron chi connectivity index (χ3n) is 7.31. The molecule has 2 amide bonds. The van der Waals surface area contributed by atoms with Gasteiger partial charge in [-0.25, -0.2) is 8.42 Å². The Labute approximate surface area is 267 Å². The molecule has 3 aromatic carbocycles. The fraction of sp³-hybridized carbons (Fsp3) is 0.375. The van der Waals surface area contributed by atoms with Gasteiger partial charge >= 0.3 is 6.18 Å². The van der Waals surface area contributed by atoms with Crippen molar-refractivity contribution in [2.24, 2.45) is 0 Å². The van der Waals surface area contributed by atoms with E-state index >= 15 is 0 Å². The number of aryl methyl sites for hydroxylation is 1. The Hall–Kier alpha value is -3.77. The summed E-state index contributed by atoms with van der Waals surface area (Å²) in [4.78, 5) is 28.6. The molecule has 0 bridgehead atoms. The summed E-state index contributed by atoms with van der Waals surface area (Å²) < 4.78 is 75.4. The predicted octanol–water partition coefficient (Wildman–Crippen LogP) is 6.59. The number of nitrogens with zero attached hydrogens (tertiary/aromatic N) is 2. The third-order valence-corrected chi connectivity index (χ3v) is 9.42. The monoisotopic (exact) mass is 667 g/mol. The highest BCUT2D eigenvalue weighted by Crippen LogP contribution is 2.38. The quantitative estimate of drug-likeness (QED) is 0.222. The molecule has 0 fully saturated rings. The second kappa shape index (κ2) is 15.0. The molecule has 0 saturated heterocycles. The van der Waals surface area contributed by atoms with Crippen molar-refractivity contribution in [1.29, 1.82) is 0 Å². The van der Waals surface area contributed by atoms with Crippen LogP contribution < -0.4 is 14.4 Å². The van der Waals surface area contributed by atoms with Crippen LogP contribution >= 0.6 is 11.6 Å². The molecule has 0 aliphatic heterocycles. The van der Waals surface area contributed by atoms with E-state index in [1.54, 1.807) is 38.1 Å². The molecule has 0 unspecified atom stereocenters. The number of ether oxygens (including phenoxy) is 1. The summed E-state index contributed by atoms with van der Waals surface area (Å²) >= 11 is 5.84. The van der Waals surface area contributed by atoms with Gasteiger partial charge in [0.15, 0.2) is 0 Å². The summed E-state index contributed by atoms with van der Waals surface area (Å²) in [5.74, 6) is -0.744. The van der Waals surface area contributed by atoms with Crippen molar-refractivity contribution in [3.8, 4) is 5.75 Å². The van der Waals surface area contributed by atoms with Crippen LogP contribution in [-0.4, -0.2) is 50.9 Å². The first-order valence-corrected chi connectivity index (χ1v) is 16.1. The largest absolute Gasteiger partial charge is 0.497 e. The van der Waals surface area contributed by atoms with Crippen molar-refractivity contribution in [2.45, 2.75) is 70.2 Å². The van der Waals surface area contributed by atoms with Crippen LogP contribution in [0.15, 0.2) is 71.6 Å². The molecule has 8 nitrogen and oxygen atoms in total. The van der Waals surface area contributed by atoms with E-state index in [4.69, 9.17) is 16.3 Å². The van der Waals surface area contributed by atoms with Gasteiger partial charge in [-0.1, -0.05) is 55.3 Å². The minimum atomic E-state index is -4.89. The van der Waals surface area contributed by atoms with Crippen LogP contribution in [0.3, 0.4) is 0 Å². The Kier molecular flexibility index (Phi) is 11.9. The number of anilines is 1. The SMILES string of the molecule is CC[C@H](C)NC(=O)[C@H](CC)N(Cc1cccc(OC)c1)C(=O)CN(c1ccc(Cl)c(C(F)(F)F)c1)S(=O)(=O)c1ccc(C)cc1. The van der Waals surface area contributed by atoms with Gasteiger partial charge in [-0.3, -0.25) is 13.9 Å². The normalized spacial score (nSPS) is 13.1. The fourth-order valence-corrected chi connectivity index (χ4v) is 6.21. The standard InChI is InChI=1S/C32H37ClF3N3O5S/c1-6-22(4)37-31(41)29(7-2)38(19-23-9-8-10-25(17-23)44-5)30(40)20-39(45(42,43)26-14-11-21(3)12-15-26)24-13-16-28(33)27(18-24)32(34,35)36/h8-18,22,29H,6-7,19-20H2,1-5H3,(H,37,41)/t22-,29-/m0/s1. The molecule has 0 spiro atoms. The predicted molar refractivity (Wildman–Crippen MR) is 168 cm³/mol. The smallest absolute Gasteiger partial charge is 0.417 e. The first-order valence-electron chi connectivity index (χ1n) is 14.3. The number of rotatable bonds is 13. The van der Waals surface area contributed by atoms with E-state index < -0.39 is 56.9 Å². The summed E-state index contributed by atoms with van der Waals surface area (Å²) in [6.07, 6.45) is -4.08. The van der Waals surface area contributed by atoms with Crippen LogP contribution in [0.5, 0.6) is 5.75 Å². The zero-order valence-corrected chi connectivity index (χ0v) is 27.3. The van der Waals surface area contributed by atoms with E-state index in [1.165, 1.54) is 36.3 Å². The number of carbonyl (C=O) groups excluding carboxylic acids is 2. The molecule has 0 aromatic heterocycles. The molecule has 45 heavy (non-hydrogen) atoms. The third kappa shape index (κ3) is 8.91. The highest BCUT2D eigenvalue weighted by Gasteiger charge is 2.37. The number of methoxy groups -OCH3 is 1. The second-order valence-electron chi connectivity index (χ2n) is 10.6. The van der Waals surface area contributed by atoms with Crippen molar-refractivity contribution >= 4 is 39.1 Å². The topological polar surface area (TPSA) is 96.0 Å². The summed E-state index contributed by atoms with van der Waals surface area (Å²) in [5.41, 5.74) is -0.328. The molecule has 244 valence electrons. The second-order valence-corrected chi connectivity index (χ2v) is 12.9. The van der Waals surface area contributed by atoms with Gasteiger partial charge in [0.25, 0.3) is 10.0 Å². The van der Waals surface area contributed by atoms with Crippen LogP contribution in [0, 0.1) is 6.92 Å². The Bertz CT molecular complexity index is 1600. The number of carbonyl (C=O) groups is 2. The summed E-state index contributed by atoms with van der Waals surface area (Å²) in [6.45, 7) is 6.16. The Morgan fingerprint density at radius 3 is 2.24 bits per heavy atom. The number of hydrogen-bond donors (Lipinski definition) is 1. The van der Waals surface area contributed by atoms with Gasteiger partial charge in [0.1, 0.15) is 18.3 Å². The number of hydrogen-bond acceptors (Lipinski definition) is 5. The van der Waals surface area contributed by atoms with Gasteiger partial charge in [0.2, 0.25) is 11.8 Å². The number of benzene rings is 3. The number of alkyl halides is 3. The van der Waals surface area contributed by atoms with Crippen molar-refractivity contribution < 1.29 is 35.9 Å². The maximum absolute atomic E-state index is 14.2. The van der Waals surface area contributed by atoms with Gasteiger partial charge < -0.3 is 15.0 Å². The van der Waals surface area contributed by atoms with Crippen LogP contribution in [0.2, 0.25) is 5.02 Å². The van der Waals surface area contributed by atoms with Gasteiger partial charge in [0.05, 0.1) is 28.3 Å². The van der Waals surface area contributed by atoms with Gasteiger partial charge in [-0.15, -0.1) is 0 Å². The molecule has 0 aliphatic carbocycles. The summed E-state index contributed by atoms with van der Waals surface area (Å²) in [5, 5.41) is 2.24. The average Bonchev–Trinajstić information content (AvgIpc) is 2.99. The lowest BCUT2D eigenvalue weighted by molar-refractivity contribution is -0.140. The van der Waals surface area contributed by atoms with Crippen molar-refractivity contribution in [3.05, 3.63) is 88.4 Å². The maximum Gasteiger partial charge on any atom is 0.417 e. The lowest BCUT2D eigenvalue weighted by atomic mass is 10.1. The van der Waals surface area contributed by atoms with Crippen molar-refractivity contribution in [1.82, 2.24) is 10.2 Å². The van der Waals surface area contributed by atoms with E-state index in [0.29, 0.717) is 28.1 Å². The minimum absolute atomic E-state index is 0.102. The molecule has 0 aliphatic rings. The summed E-state index contributed by atoms with van der Waals surface area (Å²) in [6, 6.07) is 13.9. The molecule has 0 heterocycles. The lowest BCUT2D eigenvalue weighted by Gasteiger charge is -2.34. The van der Waals surface area contributed by atoms with Crippen LogP contribution in [0.1, 0.15) is 50.3 Å². The Morgan fingerprint density at radius 1 is 1.00 bits per heavy atom. The first-order chi connectivity index (χ1) is 21.1. The Balaban J connectivity index is 2.16. The zero-order chi connectivity index (χ0) is 33.5. The average molecular weight is 668 g/mol. The number of halogens is 4. The van der Waals surface area contributed by atoms with Gasteiger partial charge in [0, 0.05) is 12.6 Å². The molecule has 13 heteroatoms. The highest BCUT2D eigenvalue weighted by atomic mass is 35.5. The van der Waals surface area contributed by atoms with Crippen molar-refractivity contribution in [3.63, 3.8) is 0 Å².